The molecule has 0 heterocycles. The van der Waals surface area contributed by atoms with Crippen LogP contribution in [0.4, 0.5) is 0 Å². The van der Waals surface area contributed by atoms with Crippen LogP contribution < -0.4 is 4.74 Å². The van der Waals surface area contributed by atoms with Crippen molar-refractivity contribution in [1.29, 1.82) is 0 Å². The quantitative estimate of drug-likeness (QED) is 0.904. The summed E-state index contributed by atoms with van der Waals surface area (Å²) in [5, 5.41) is 11.1. The van der Waals surface area contributed by atoms with Crippen molar-refractivity contribution in [3.8, 4) is 5.75 Å². The fraction of sp³-hybridized carbons (Fsp3) is 0.200. The molecule has 0 aromatic heterocycles. The van der Waals surface area contributed by atoms with Gasteiger partial charge in [-0.3, -0.25) is 0 Å². The molecule has 2 aromatic rings. The molecule has 0 amide bonds. The van der Waals surface area contributed by atoms with Crippen LogP contribution in [-0.2, 0) is 6.42 Å². The summed E-state index contributed by atoms with van der Waals surface area (Å²) >= 11 is 12.1. The van der Waals surface area contributed by atoms with Gasteiger partial charge in [0.25, 0.3) is 0 Å². The number of benzene rings is 2. The molecule has 0 saturated carbocycles. The minimum Gasteiger partial charge on any atom is -0.491 e. The molecule has 2 aromatic carbocycles. The van der Waals surface area contributed by atoms with E-state index in [1.807, 2.05) is 30.3 Å². The minimum atomic E-state index is -0.655. The van der Waals surface area contributed by atoms with Crippen LogP contribution in [0.3, 0.4) is 0 Å². The molecule has 0 spiro atoms. The summed E-state index contributed by atoms with van der Waals surface area (Å²) in [7, 11) is 0. The molecule has 0 aliphatic rings. The topological polar surface area (TPSA) is 29.5 Å². The molecule has 0 saturated heterocycles. The van der Waals surface area contributed by atoms with E-state index in [1.165, 1.54) is 0 Å². The van der Waals surface area contributed by atoms with Crippen molar-refractivity contribution in [2.45, 2.75) is 12.5 Å². The average molecular weight is 297 g/mol. The lowest BCUT2D eigenvalue weighted by molar-refractivity contribution is 0.108. The molecule has 100 valence electrons. The van der Waals surface area contributed by atoms with Crippen LogP contribution in [0.5, 0.6) is 5.75 Å². The summed E-state index contributed by atoms with van der Waals surface area (Å²) in [6.45, 7) is 0.200. The van der Waals surface area contributed by atoms with Gasteiger partial charge < -0.3 is 9.84 Å². The first-order chi connectivity index (χ1) is 9.16. The monoisotopic (exact) mass is 296 g/mol. The van der Waals surface area contributed by atoms with Crippen LogP contribution >= 0.6 is 23.2 Å². The third-order valence-electron chi connectivity index (χ3n) is 2.69. The minimum absolute atomic E-state index is 0.200. The van der Waals surface area contributed by atoms with Crippen LogP contribution in [0.25, 0.3) is 0 Å². The number of aliphatic hydroxyl groups excluding tert-OH is 1. The molecule has 1 unspecified atom stereocenters. The molecule has 2 rings (SSSR count). The van der Waals surface area contributed by atoms with Crippen LogP contribution in [0, 0.1) is 0 Å². The van der Waals surface area contributed by atoms with Gasteiger partial charge in [-0.2, -0.15) is 0 Å². The summed E-state index contributed by atoms with van der Waals surface area (Å²) in [6, 6.07) is 14.7. The average Bonchev–Trinajstić information content (AvgIpc) is 2.42. The van der Waals surface area contributed by atoms with Gasteiger partial charge in [0.1, 0.15) is 12.4 Å². The molecular weight excluding hydrogens is 283 g/mol. The molecule has 0 bridgehead atoms. The van der Waals surface area contributed by atoms with Crippen LogP contribution in [0.15, 0.2) is 48.5 Å². The molecule has 2 nitrogen and oxygen atoms in total. The Bertz CT molecular complexity index is 509. The second-order valence-corrected chi connectivity index (χ2v) is 5.00. The van der Waals surface area contributed by atoms with Crippen LogP contribution in [0.2, 0.25) is 10.0 Å². The number of hydrogen-bond acceptors (Lipinski definition) is 2. The van der Waals surface area contributed by atoms with Gasteiger partial charge in [0.2, 0.25) is 0 Å². The van der Waals surface area contributed by atoms with Crippen molar-refractivity contribution in [1.82, 2.24) is 0 Å². The molecule has 0 fully saturated rings. The third kappa shape index (κ3) is 4.13. The Kier molecular flexibility index (Phi) is 5.08. The normalized spacial score (nSPS) is 12.2. The molecule has 0 aliphatic carbocycles. The lowest BCUT2D eigenvalue weighted by Crippen LogP contribution is -2.20. The fourth-order valence-corrected chi connectivity index (χ4v) is 2.28. The highest BCUT2D eigenvalue weighted by molar-refractivity contribution is 6.35. The van der Waals surface area contributed by atoms with Gasteiger partial charge in [-0.1, -0.05) is 47.5 Å². The van der Waals surface area contributed by atoms with Crippen molar-refractivity contribution < 1.29 is 9.84 Å². The van der Waals surface area contributed by atoms with Gasteiger partial charge in [0.05, 0.1) is 6.10 Å². The standard InChI is InChI=1S/C15H14Cl2O2/c16-14-7-4-8-15(17)13(14)9-11(18)10-19-12-5-2-1-3-6-12/h1-8,11,18H,9-10H2. The van der Waals surface area contributed by atoms with E-state index >= 15 is 0 Å². The maximum atomic E-state index is 9.97. The van der Waals surface area contributed by atoms with Gasteiger partial charge in [-0.25, -0.2) is 0 Å². The molecule has 4 heteroatoms. The predicted octanol–water partition coefficient (Wildman–Crippen LogP) is 3.98. The highest BCUT2D eigenvalue weighted by Gasteiger charge is 2.12. The summed E-state index contributed by atoms with van der Waals surface area (Å²) in [6.07, 6.45) is -0.289. The summed E-state index contributed by atoms with van der Waals surface area (Å²) in [5.74, 6) is 0.729. The number of ether oxygens (including phenoxy) is 1. The van der Waals surface area contributed by atoms with E-state index < -0.39 is 6.10 Å². The first kappa shape index (κ1) is 14.2. The summed E-state index contributed by atoms with van der Waals surface area (Å²) in [5.41, 5.74) is 0.745. The Morgan fingerprint density at radius 1 is 0.947 bits per heavy atom. The van der Waals surface area contributed by atoms with Crippen molar-refractivity contribution in [3.63, 3.8) is 0 Å². The van der Waals surface area contributed by atoms with Crippen molar-refractivity contribution in [3.05, 3.63) is 64.1 Å². The molecule has 0 radical (unpaired) electrons. The second-order valence-electron chi connectivity index (χ2n) is 4.18. The fourth-order valence-electron chi connectivity index (χ4n) is 1.73. The largest absolute Gasteiger partial charge is 0.491 e. The number of rotatable bonds is 5. The third-order valence-corrected chi connectivity index (χ3v) is 3.40. The highest BCUT2D eigenvalue weighted by Crippen LogP contribution is 2.25. The van der Waals surface area contributed by atoms with Gasteiger partial charge in [-0.05, 0) is 29.8 Å². The summed E-state index contributed by atoms with van der Waals surface area (Å²) in [4.78, 5) is 0. The smallest absolute Gasteiger partial charge is 0.119 e. The van der Waals surface area contributed by atoms with E-state index in [-0.39, 0.29) is 6.61 Å². The van der Waals surface area contributed by atoms with E-state index in [4.69, 9.17) is 27.9 Å². The van der Waals surface area contributed by atoms with Crippen LogP contribution in [-0.4, -0.2) is 17.8 Å². The van der Waals surface area contributed by atoms with E-state index in [2.05, 4.69) is 0 Å². The second kappa shape index (κ2) is 6.80. The van der Waals surface area contributed by atoms with Gasteiger partial charge in [0, 0.05) is 16.5 Å². The Morgan fingerprint density at radius 3 is 2.21 bits per heavy atom. The maximum Gasteiger partial charge on any atom is 0.119 e. The number of aliphatic hydroxyl groups is 1. The number of hydrogen-bond donors (Lipinski definition) is 1. The first-order valence-electron chi connectivity index (χ1n) is 5.95. The number of para-hydroxylation sites is 1. The zero-order valence-corrected chi connectivity index (χ0v) is 11.7. The Labute approximate surface area is 122 Å². The van der Waals surface area contributed by atoms with Gasteiger partial charge in [-0.15, -0.1) is 0 Å². The Hall–Kier alpha value is -1.22. The predicted molar refractivity (Wildman–Crippen MR) is 78.1 cm³/mol. The zero-order valence-electron chi connectivity index (χ0n) is 10.2. The van der Waals surface area contributed by atoms with E-state index in [0.29, 0.717) is 16.5 Å². The zero-order chi connectivity index (χ0) is 13.7. The molecule has 1 atom stereocenters. The first-order valence-corrected chi connectivity index (χ1v) is 6.71. The lowest BCUT2D eigenvalue weighted by atomic mass is 10.1. The molecule has 19 heavy (non-hydrogen) atoms. The Balaban J connectivity index is 1.93. The maximum absolute atomic E-state index is 9.97. The van der Waals surface area contributed by atoms with E-state index in [0.717, 1.165) is 11.3 Å². The van der Waals surface area contributed by atoms with Crippen molar-refractivity contribution in [2.75, 3.05) is 6.61 Å². The summed E-state index contributed by atoms with van der Waals surface area (Å²) < 4.78 is 5.48. The Morgan fingerprint density at radius 2 is 1.58 bits per heavy atom. The molecule has 1 N–H and O–H groups in total. The van der Waals surface area contributed by atoms with E-state index in [1.54, 1.807) is 18.2 Å². The van der Waals surface area contributed by atoms with E-state index in [9.17, 15) is 5.11 Å². The molecular formula is C15H14Cl2O2. The molecule has 0 aliphatic heterocycles. The SMILES string of the molecule is OC(COc1ccccc1)Cc1c(Cl)cccc1Cl. The van der Waals surface area contributed by atoms with Crippen LogP contribution in [0.1, 0.15) is 5.56 Å². The number of halogens is 2. The van der Waals surface area contributed by atoms with Gasteiger partial charge in [0.15, 0.2) is 0 Å². The van der Waals surface area contributed by atoms with Crippen molar-refractivity contribution in [2.24, 2.45) is 0 Å². The highest BCUT2D eigenvalue weighted by atomic mass is 35.5. The van der Waals surface area contributed by atoms with Gasteiger partial charge >= 0.3 is 0 Å². The lowest BCUT2D eigenvalue weighted by Gasteiger charge is -2.14. The van der Waals surface area contributed by atoms with Crippen molar-refractivity contribution >= 4 is 23.2 Å².